The number of hydrogen-bond donors (Lipinski definition) is 0. The number of thiophene rings is 1. The van der Waals surface area contributed by atoms with Crippen LogP contribution in [0.5, 0.6) is 0 Å². The van der Waals surface area contributed by atoms with E-state index in [0.29, 0.717) is 24.9 Å². The Morgan fingerprint density at radius 2 is 2.17 bits per heavy atom. The highest BCUT2D eigenvalue weighted by Gasteiger charge is 2.42. The first kappa shape index (κ1) is 15.8. The molecule has 128 valence electrons. The van der Waals surface area contributed by atoms with Gasteiger partial charge < -0.3 is 14.1 Å². The van der Waals surface area contributed by atoms with E-state index in [9.17, 15) is 4.79 Å². The van der Waals surface area contributed by atoms with Crippen molar-refractivity contribution in [1.29, 1.82) is 0 Å². The fourth-order valence-corrected chi connectivity index (χ4v) is 4.61. The van der Waals surface area contributed by atoms with Gasteiger partial charge in [-0.2, -0.15) is 0 Å². The summed E-state index contributed by atoms with van der Waals surface area (Å²) >= 11 is 1.56. The van der Waals surface area contributed by atoms with E-state index in [1.807, 2.05) is 30.9 Å². The second-order valence-corrected chi connectivity index (χ2v) is 7.87. The van der Waals surface area contributed by atoms with Crippen LogP contribution >= 0.6 is 11.3 Å². The number of fused-ring (bicyclic) bond motifs is 1. The molecule has 0 aromatic carbocycles. The van der Waals surface area contributed by atoms with Crippen molar-refractivity contribution in [2.75, 3.05) is 19.7 Å². The van der Waals surface area contributed by atoms with Gasteiger partial charge in [-0.05, 0) is 31.9 Å². The number of piperidine rings is 1. The third-order valence-corrected chi connectivity index (χ3v) is 5.96. The second kappa shape index (κ2) is 6.29. The Kier molecular flexibility index (Phi) is 4.14. The number of likely N-dealkylation sites (tertiary alicyclic amines) is 1. The summed E-state index contributed by atoms with van der Waals surface area (Å²) in [6.07, 6.45) is 1.90. The van der Waals surface area contributed by atoms with Gasteiger partial charge in [0.1, 0.15) is 0 Å². The van der Waals surface area contributed by atoms with E-state index in [0.717, 1.165) is 29.1 Å². The van der Waals surface area contributed by atoms with Gasteiger partial charge in [-0.1, -0.05) is 0 Å². The van der Waals surface area contributed by atoms with Gasteiger partial charge in [0, 0.05) is 43.3 Å². The average Bonchev–Trinajstić information content (AvgIpc) is 3.21. The maximum atomic E-state index is 12.8. The van der Waals surface area contributed by atoms with E-state index in [1.165, 1.54) is 0 Å². The van der Waals surface area contributed by atoms with Gasteiger partial charge in [-0.25, -0.2) is 0 Å². The molecule has 0 N–H and O–H groups in total. The molecule has 7 heteroatoms. The van der Waals surface area contributed by atoms with Crippen LogP contribution < -0.4 is 0 Å². The van der Waals surface area contributed by atoms with E-state index in [4.69, 9.17) is 9.15 Å². The molecule has 6 nitrogen and oxygen atoms in total. The summed E-state index contributed by atoms with van der Waals surface area (Å²) in [7, 11) is 0. The van der Waals surface area contributed by atoms with Crippen molar-refractivity contribution >= 4 is 17.2 Å². The van der Waals surface area contributed by atoms with Crippen LogP contribution in [0.25, 0.3) is 0 Å². The first-order chi connectivity index (χ1) is 11.6. The molecular weight excluding hydrogens is 326 g/mol. The Balaban J connectivity index is 1.54. The summed E-state index contributed by atoms with van der Waals surface area (Å²) in [5.41, 5.74) is 0. The number of carbonyl (C=O) groups is 1. The molecule has 2 aromatic rings. The standard InChI is InChI=1S/C17H21N3O3S/c1-10-3-4-15(24-10)17(21)20-7-5-14-13(9-20)12(6-8-22-14)16-19-18-11(2)23-16/h3-4,12-14H,5-9H2,1-2H3/t12-,13-,14-/m0/s1. The van der Waals surface area contributed by atoms with Crippen LogP contribution in [-0.4, -0.2) is 46.8 Å². The fraction of sp³-hybridized carbons (Fsp3) is 0.588. The van der Waals surface area contributed by atoms with Gasteiger partial charge in [0.05, 0.1) is 11.0 Å². The Morgan fingerprint density at radius 1 is 1.29 bits per heavy atom. The van der Waals surface area contributed by atoms with E-state index in [2.05, 4.69) is 10.2 Å². The van der Waals surface area contributed by atoms with Crippen LogP contribution in [0, 0.1) is 19.8 Å². The topological polar surface area (TPSA) is 68.5 Å². The predicted molar refractivity (Wildman–Crippen MR) is 89.2 cm³/mol. The SMILES string of the molecule is Cc1nnc([C@H]2CCO[C@H]3CCN(C(=O)c4ccc(C)s4)C[C@H]32)o1. The van der Waals surface area contributed by atoms with E-state index in [1.54, 1.807) is 11.3 Å². The largest absolute Gasteiger partial charge is 0.425 e. The summed E-state index contributed by atoms with van der Waals surface area (Å²) < 4.78 is 11.6. The van der Waals surface area contributed by atoms with Crippen molar-refractivity contribution < 1.29 is 13.9 Å². The number of nitrogens with zero attached hydrogens (tertiary/aromatic N) is 3. The first-order valence-electron chi connectivity index (χ1n) is 8.39. The lowest BCUT2D eigenvalue weighted by atomic mass is 9.79. The van der Waals surface area contributed by atoms with Crippen LogP contribution in [0.1, 0.15) is 45.1 Å². The molecular formula is C17H21N3O3S. The molecule has 2 aliphatic heterocycles. The molecule has 0 saturated carbocycles. The molecule has 2 fully saturated rings. The highest BCUT2D eigenvalue weighted by molar-refractivity contribution is 7.13. The normalized spacial score (nSPS) is 27.1. The summed E-state index contributed by atoms with van der Waals surface area (Å²) in [6, 6.07) is 3.92. The van der Waals surface area contributed by atoms with Crippen LogP contribution in [0.3, 0.4) is 0 Å². The molecule has 4 rings (SSSR count). The number of hydrogen-bond acceptors (Lipinski definition) is 6. The zero-order valence-electron chi connectivity index (χ0n) is 13.9. The van der Waals surface area contributed by atoms with Crippen molar-refractivity contribution in [2.45, 2.75) is 38.7 Å². The lowest BCUT2D eigenvalue weighted by Crippen LogP contribution is -2.50. The Hall–Kier alpha value is -1.73. The molecule has 0 aliphatic carbocycles. The number of carbonyl (C=O) groups excluding carboxylic acids is 1. The third-order valence-electron chi connectivity index (χ3n) is 4.97. The molecule has 4 heterocycles. The molecule has 2 aliphatic rings. The monoisotopic (exact) mass is 347 g/mol. The number of ether oxygens (including phenoxy) is 1. The zero-order chi connectivity index (χ0) is 16.7. The molecule has 24 heavy (non-hydrogen) atoms. The van der Waals surface area contributed by atoms with Crippen molar-refractivity contribution in [2.24, 2.45) is 5.92 Å². The van der Waals surface area contributed by atoms with Gasteiger partial charge in [-0.3, -0.25) is 4.79 Å². The lowest BCUT2D eigenvalue weighted by Gasteiger charge is -2.43. The van der Waals surface area contributed by atoms with Crippen molar-refractivity contribution in [3.8, 4) is 0 Å². The smallest absolute Gasteiger partial charge is 0.263 e. The minimum absolute atomic E-state index is 0.123. The van der Waals surface area contributed by atoms with Crippen molar-refractivity contribution in [1.82, 2.24) is 15.1 Å². The Labute approximate surface area is 144 Å². The molecule has 3 atom stereocenters. The van der Waals surface area contributed by atoms with Gasteiger partial charge in [0.15, 0.2) is 0 Å². The van der Waals surface area contributed by atoms with Crippen molar-refractivity contribution in [3.63, 3.8) is 0 Å². The molecule has 0 unspecified atom stereocenters. The zero-order valence-corrected chi connectivity index (χ0v) is 14.7. The minimum Gasteiger partial charge on any atom is -0.425 e. The Morgan fingerprint density at radius 3 is 2.88 bits per heavy atom. The molecule has 1 amide bonds. The molecule has 2 aromatic heterocycles. The molecule has 0 bridgehead atoms. The summed E-state index contributed by atoms with van der Waals surface area (Å²) in [6.45, 7) is 5.98. The van der Waals surface area contributed by atoms with Crippen LogP contribution in [0.2, 0.25) is 0 Å². The van der Waals surface area contributed by atoms with Crippen LogP contribution in [0.4, 0.5) is 0 Å². The number of aromatic nitrogens is 2. The average molecular weight is 347 g/mol. The Bertz CT molecular complexity index is 741. The predicted octanol–water partition coefficient (Wildman–Crippen LogP) is 2.78. The quantitative estimate of drug-likeness (QED) is 0.835. The minimum atomic E-state index is 0.123. The van der Waals surface area contributed by atoms with Gasteiger partial charge >= 0.3 is 0 Å². The highest BCUT2D eigenvalue weighted by atomic mass is 32.1. The summed E-state index contributed by atoms with van der Waals surface area (Å²) in [5.74, 6) is 1.79. The van der Waals surface area contributed by atoms with E-state index >= 15 is 0 Å². The molecule has 0 spiro atoms. The maximum absolute atomic E-state index is 12.8. The maximum Gasteiger partial charge on any atom is 0.263 e. The molecule has 0 radical (unpaired) electrons. The van der Waals surface area contributed by atoms with E-state index < -0.39 is 0 Å². The first-order valence-corrected chi connectivity index (χ1v) is 9.21. The number of amides is 1. The fourth-order valence-electron chi connectivity index (χ4n) is 3.77. The molecule has 2 saturated heterocycles. The number of aryl methyl sites for hydroxylation is 2. The summed E-state index contributed by atoms with van der Waals surface area (Å²) in [4.78, 5) is 16.7. The number of rotatable bonds is 2. The third kappa shape index (κ3) is 2.86. The lowest BCUT2D eigenvalue weighted by molar-refractivity contribution is -0.0750. The van der Waals surface area contributed by atoms with Crippen molar-refractivity contribution in [3.05, 3.63) is 33.7 Å². The van der Waals surface area contributed by atoms with Crippen LogP contribution in [-0.2, 0) is 4.74 Å². The van der Waals surface area contributed by atoms with Gasteiger partial charge in [0.25, 0.3) is 5.91 Å². The van der Waals surface area contributed by atoms with E-state index in [-0.39, 0.29) is 23.8 Å². The highest BCUT2D eigenvalue weighted by Crippen LogP contribution is 2.39. The van der Waals surface area contributed by atoms with Gasteiger partial charge in [-0.15, -0.1) is 21.5 Å². The summed E-state index contributed by atoms with van der Waals surface area (Å²) in [5, 5.41) is 8.19. The van der Waals surface area contributed by atoms with Gasteiger partial charge in [0.2, 0.25) is 11.8 Å². The van der Waals surface area contributed by atoms with Crippen LogP contribution in [0.15, 0.2) is 16.5 Å². The second-order valence-electron chi connectivity index (χ2n) is 6.58.